The van der Waals surface area contributed by atoms with Gasteiger partial charge in [0.2, 0.25) is 0 Å². The van der Waals surface area contributed by atoms with Gasteiger partial charge in [0.05, 0.1) is 20.3 Å². The minimum absolute atomic E-state index is 0. The molecule has 160 valence electrons. The normalized spacial score (nSPS) is 10.9. The van der Waals surface area contributed by atoms with E-state index in [0.29, 0.717) is 36.1 Å². The highest BCUT2D eigenvalue weighted by atomic mass is 127. The van der Waals surface area contributed by atoms with Gasteiger partial charge in [0, 0.05) is 13.1 Å². The highest BCUT2D eigenvalue weighted by Crippen LogP contribution is 2.27. The molecule has 8 heteroatoms. The summed E-state index contributed by atoms with van der Waals surface area (Å²) in [6.45, 7) is 5.63. The quantitative estimate of drug-likeness (QED) is 0.270. The number of guanidine groups is 1. The molecule has 0 aliphatic carbocycles. The summed E-state index contributed by atoms with van der Waals surface area (Å²) in [4.78, 5) is 4.56. The molecule has 2 aromatic carbocycles. The van der Waals surface area contributed by atoms with Crippen molar-refractivity contribution >= 4 is 29.9 Å². The third-order valence-electron chi connectivity index (χ3n) is 4.02. The fraction of sp³-hybridized carbons (Fsp3) is 0.381. The largest absolute Gasteiger partial charge is 0.493 e. The van der Waals surface area contributed by atoms with Gasteiger partial charge in [0.1, 0.15) is 12.4 Å². The van der Waals surface area contributed by atoms with Crippen molar-refractivity contribution in [3.8, 4) is 11.5 Å². The number of ether oxygens (including phenoxy) is 2. The number of aliphatic hydroxyl groups excluding tert-OH is 1. The first-order valence-electron chi connectivity index (χ1n) is 9.25. The van der Waals surface area contributed by atoms with Crippen molar-refractivity contribution in [2.75, 3.05) is 26.9 Å². The smallest absolute Gasteiger partial charge is 0.191 e. The highest BCUT2D eigenvalue weighted by Gasteiger charge is 2.07. The first-order valence-corrected chi connectivity index (χ1v) is 9.25. The summed E-state index contributed by atoms with van der Waals surface area (Å²) in [5.74, 6) is 1.66. The zero-order valence-corrected chi connectivity index (χ0v) is 19.3. The maximum absolute atomic E-state index is 13.4. The van der Waals surface area contributed by atoms with Gasteiger partial charge in [0.25, 0.3) is 0 Å². The number of aliphatic imine (C=N–C) groups is 1. The SMILES string of the molecule is CCNC(=NCc1ccc(F)c(C)c1)NCc1ccc(OCCO)c(OC)c1.I. The van der Waals surface area contributed by atoms with Crippen LogP contribution in [0.4, 0.5) is 4.39 Å². The zero-order valence-electron chi connectivity index (χ0n) is 17.0. The molecule has 0 aromatic heterocycles. The van der Waals surface area contributed by atoms with E-state index in [0.717, 1.165) is 17.7 Å². The Labute approximate surface area is 188 Å². The van der Waals surface area contributed by atoms with E-state index in [2.05, 4.69) is 15.6 Å². The van der Waals surface area contributed by atoms with E-state index < -0.39 is 0 Å². The lowest BCUT2D eigenvalue weighted by Gasteiger charge is -2.14. The van der Waals surface area contributed by atoms with Crippen molar-refractivity contribution in [2.24, 2.45) is 4.99 Å². The third kappa shape index (κ3) is 8.06. The molecule has 0 fully saturated rings. The average molecular weight is 517 g/mol. The van der Waals surface area contributed by atoms with Gasteiger partial charge >= 0.3 is 0 Å². The van der Waals surface area contributed by atoms with E-state index in [4.69, 9.17) is 14.6 Å². The van der Waals surface area contributed by atoms with Crippen LogP contribution in [0.1, 0.15) is 23.6 Å². The molecule has 0 unspecified atom stereocenters. The molecule has 6 nitrogen and oxygen atoms in total. The van der Waals surface area contributed by atoms with Crippen LogP contribution in [-0.4, -0.2) is 37.9 Å². The van der Waals surface area contributed by atoms with Crippen molar-refractivity contribution in [3.05, 3.63) is 58.9 Å². The molecule has 2 rings (SSSR count). The topological polar surface area (TPSA) is 75.1 Å². The van der Waals surface area contributed by atoms with Crippen LogP contribution < -0.4 is 20.1 Å². The number of hydrogen-bond acceptors (Lipinski definition) is 4. The lowest BCUT2D eigenvalue weighted by Crippen LogP contribution is -2.36. The van der Waals surface area contributed by atoms with Crippen LogP contribution in [0, 0.1) is 12.7 Å². The molecule has 3 N–H and O–H groups in total. The maximum Gasteiger partial charge on any atom is 0.191 e. The van der Waals surface area contributed by atoms with Gasteiger partial charge in [-0.25, -0.2) is 9.38 Å². The standard InChI is InChI=1S/C21H28FN3O3.HI/c1-4-23-21(24-13-16-5-7-18(22)15(2)11-16)25-14-17-6-8-19(28-10-9-26)20(12-17)27-3;/h5-8,11-12,26H,4,9-10,13-14H2,1-3H3,(H2,23,24,25);1H. The van der Waals surface area contributed by atoms with Crippen molar-refractivity contribution < 1.29 is 19.0 Å². The van der Waals surface area contributed by atoms with E-state index in [9.17, 15) is 4.39 Å². The molecule has 2 aromatic rings. The van der Waals surface area contributed by atoms with E-state index >= 15 is 0 Å². The van der Waals surface area contributed by atoms with Crippen LogP contribution in [0.2, 0.25) is 0 Å². The van der Waals surface area contributed by atoms with Crippen molar-refractivity contribution in [1.82, 2.24) is 10.6 Å². The molecule has 0 aliphatic rings. The number of hydrogen-bond donors (Lipinski definition) is 3. The number of rotatable bonds is 9. The number of nitrogens with one attached hydrogen (secondary N) is 2. The molecular weight excluding hydrogens is 488 g/mol. The minimum Gasteiger partial charge on any atom is -0.493 e. The summed E-state index contributed by atoms with van der Waals surface area (Å²) in [6, 6.07) is 10.6. The summed E-state index contributed by atoms with van der Waals surface area (Å²) >= 11 is 0. The Bertz CT molecular complexity index is 803. The Kier molecular flexibility index (Phi) is 11.4. The summed E-state index contributed by atoms with van der Waals surface area (Å²) in [5, 5.41) is 15.4. The first-order chi connectivity index (χ1) is 13.6. The Hall–Kier alpha value is -2.07. The summed E-state index contributed by atoms with van der Waals surface area (Å²) in [7, 11) is 1.58. The predicted octanol–water partition coefficient (Wildman–Crippen LogP) is 3.39. The fourth-order valence-electron chi connectivity index (χ4n) is 2.60. The van der Waals surface area contributed by atoms with Gasteiger partial charge in [-0.05, 0) is 48.7 Å². The second-order valence-electron chi connectivity index (χ2n) is 6.19. The molecule has 29 heavy (non-hydrogen) atoms. The van der Waals surface area contributed by atoms with Gasteiger partial charge < -0.3 is 25.2 Å². The lowest BCUT2D eigenvalue weighted by atomic mass is 10.1. The van der Waals surface area contributed by atoms with Crippen LogP contribution in [-0.2, 0) is 13.1 Å². The number of benzene rings is 2. The van der Waals surface area contributed by atoms with Gasteiger partial charge in [0.15, 0.2) is 17.5 Å². The second-order valence-corrected chi connectivity index (χ2v) is 6.19. The average Bonchev–Trinajstić information content (AvgIpc) is 2.71. The Morgan fingerprint density at radius 3 is 2.52 bits per heavy atom. The Morgan fingerprint density at radius 2 is 1.86 bits per heavy atom. The molecule has 0 aliphatic heterocycles. The van der Waals surface area contributed by atoms with E-state index in [1.54, 1.807) is 26.2 Å². The van der Waals surface area contributed by atoms with E-state index in [-0.39, 0.29) is 43.0 Å². The third-order valence-corrected chi connectivity index (χ3v) is 4.02. The molecule has 0 saturated carbocycles. The summed E-state index contributed by atoms with van der Waals surface area (Å²) < 4.78 is 24.2. The zero-order chi connectivity index (χ0) is 20.4. The van der Waals surface area contributed by atoms with Gasteiger partial charge in [-0.15, -0.1) is 24.0 Å². The van der Waals surface area contributed by atoms with E-state index in [1.165, 1.54) is 6.07 Å². The van der Waals surface area contributed by atoms with Gasteiger partial charge in [-0.2, -0.15) is 0 Å². The Balaban J connectivity index is 0.00000420. The van der Waals surface area contributed by atoms with Crippen LogP contribution in [0.15, 0.2) is 41.4 Å². The second kappa shape index (κ2) is 13.2. The summed E-state index contributed by atoms with van der Waals surface area (Å²) in [6.07, 6.45) is 0. The Morgan fingerprint density at radius 1 is 1.10 bits per heavy atom. The van der Waals surface area contributed by atoms with Crippen LogP contribution >= 0.6 is 24.0 Å². The molecule has 0 saturated heterocycles. The maximum atomic E-state index is 13.4. The monoisotopic (exact) mass is 517 g/mol. The molecule has 0 spiro atoms. The molecule has 0 heterocycles. The minimum atomic E-state index is -0.210. The summed E-state index contributed by atoms with van der Waals surface area (Å²) in [5.41, 5.74) is 2.56. The van der Waals surface area contributed by atoms with Crippen LogP contribution in [0.25, 0.3) is 0 Å². The molecule has 0 radical (unpaired) electrons. The first kappa shape index (κ1) is 25.0. The van der Waals surface area contributed by atoms with Gasteiger partial charge in [-0.3, -0.25) is 0 Å². The highest BCUT2D eigenvalue weighted by molar-refractivity contribution is 14.0. The number of nitrogens with zero attached hydrogens (tertiary/aromatic N) is 1. The molecular formula is C21H29FIN3O3. The predicted molar refractivity (Wildman–Crippen MR) is 124 cm³/mol. The molecule has 0 atom stereocenters. The van der Waals surface area contributed by atoms with Gasteiger partial charge in [-0.1, -0.05) is 18.2 Å². The molecule has 0 bridgehead atoms. The number of methoxy groups -OCH3 is 1. The fourth-order valence-corrected chi connectivity index (χ4v) is 2.60. The number of halogens is 2. The van der Waals surface area contributed by atoms with E-state index in [1.807, 2.05) is 25.1 Å². The van der Waals surface area contributed by atoms with Crippen molar-refractivity contribution in [3.63, 3.8) is 0 Å². The number of aliphatic hydroxyl groups is 1. The lowest BCUT2D eigenvalue weighted by molar-refractivity contribution is 0.196. The molecule has 0 amide bonds. The number of aryl methyl sites for hydroxylation is 1. The van der Waals surface area contributed by atoms with Crippen molar-refractivity contribution in [2.45, 2.75) is 26.9 Å². The van der Waals surface area contributed by atoms with Crippen molar-refractivity contribution in [1.29, 1.82) is 0 Å². The van der Waals surface area contributed by atoms with Crippen LogP contribution in [0.3, 0.4) is 0 Å². The van der Waals surface area contributed by atoms with Crippen LogP contribution in [0.5, 0.6) is 11.5 Å².